The lowest BCUT2D eigenvalue weighted by Crippen LogP contribution is -2.72. The van der Waals surface area contributed by atoms with E-state index in [1.165, 1.54) is 25.0 Å². The van der Waals surface area contributed by atoms with Crippen molar-refractivity contribution in [2.45, 2.75) is 38.5 Å². The summed E-state index contributed by atoms with van der Waals surface area (Å²) in [6, 6.07) is 11.0. The van der Waals surface area contributed by atoms with Crippen molar-refractivity contribution in [3.05, 3.63) is 70.8 Å². The Morgan fingerprint density at radius 3 is 2.51 bits per heavy atom. The first kappa shape index (κ1) is 26.6. The summed E-state index contributed by atoms with van der Waals surface area (Å²) < 4.78 is 44.0. The zero-order chi connectivity index (χ0) is 25.8. The number of rotatable bonds is 7. The maximum absolute atomic E-state index is 13.1. The number of alkyl halides is 3. The highest BCUT2D eigenvalue weighted by atomic mass is 19.4. The molecule has 3 unspecified atom stereocenters. The fourth-order valence-electron chi connectivity index (χ4n) is 3.91. The normalized spacial score (nSPS) is 20.7. The lowest BCUT2D eigenvalue weighted by atomic mass is 9.99. The Morgan fingerprint density at radius 1 is 1.20 bits per heavy atom. The van der Waals surface area contributed by atoms with E-state index in [4.69, 9.17) is 0 Å². The predicted molar refractivity (Wildman–Crippen MR) is 121 cm³/mol. The second-order valence-electron chi connectivity index (χ2n) is 8.46. The Hall–Kier alpha value is -2.99. The van der Waals surface area contributed by atoms with E-state index in [2.05, 4.69) is 20.9 Å². The number of hydrazine groups is 1. The first-order valence-corrected chi connectivity index (χ1v) is 11.1. The van der Waals surface area contributed by atoms with Gasteiger partial charge in [0.1, 0.15) is 0 Å². The number of benzene rings is 2. The first-order valence-electron chi connectivity index (χ1n) is 11.1. The average Bonchev–Trinajstić information content (AvgIpc) is 2.84. The zero-order valence-corrected chi connectivity index (χ0v) is 19.6. The highest BCUT2D eigenvalue weighted by Crippen LogP contribution is 2.31. The Kier molecular flexibility index (Phi) is 8.16. The molecule has 4 N–H and O–H groups in total. The molecule has 1 aliphatic rings. The summed E-state index contributed by atoms with van der Waals surface area (Å²) in [6.45, 7) is 3.99. The van der Waals surface area contributed by atoms with Crippen LogP contribution < -0.4 is 16.2 Å². The predicted octanol–water partition coefficient (Wildman–Crippen LogP) is 2.56. The number of amides is 1. The summed E-state index contributed by atoms with van der Waals surface area (Å²) in [4.78, 5) is 26.2. The third-order valence-electron chi connectivity index (χ3n) is 6.08. The summed E-state index contributed by atoms with van der Waals surface area (Å²) in [7, 11) is 1.29. The van der Waals surface area contributed by atoms with Gasteiger partial charge in [-0.05, 0) is 43.2 Å². The second kappa shape index (κ2) is 10.7. The van der Waals surface area contributed by atoms with Gasteiger partial charge in [0.05, 0.1) is 30.2 Å². The van der Waals surface area contributed by atoms with Gasteiger partial charge < -0.3 is 15.2 Å². The van der Waals surface area contributed by atoms with Crippen molar-refractivity contribution in [2.24, 2.45) is 5.92 Å². The van der Waals surface area contributed by atoms with Gasteiger partial charge in [0, 0.05) is 19.6 Å². The molecule has 2 aromatic rings. The van der Waals surface area contributed by atoms with E-state index in [1.807, 2.05) is 0 Å². The van der Waals surface area contributed by atoms with Gasteiger partial charge in [0.15, 0.2) is 5.85 Å². The molecule has 0 spiro atoms. The quantitative estimate of drug-likeness (QED) is 0.439. The van der Waals surface area contributed by atoms with Crippen molar-refractivity contribution in [1.82, 2.24) is 21.1 Å². The lowest BCUT2D eigenvalue weighted by molar-refractivity contribution is -0.200. The maximum atomic E-state index is 13.1. The van der Waals surface area contributed by atoms with Crippen LogP contribution in [0.25, 0.3) is 0 Å². The SMILES string of the molecule is COC(=O)c1ccc(C(C)NC(=O)C(C)C2(O)NNCCN2Cc2cccc(C(F)(F)F)c2)cc1. The largest absolute Gasteiger partial charge is 0.465 e. The number of hydrogen-bond acceptors (Lipinski definition) is 7. The van der Waals surface area contributed by atoms with Gasteiger partial charge >= 0.3 is 12.1 Å². The van der Waals surface area contributed by atoms with Gasteiger partial charge in [0.25, 0.3) is 0 Å². The van der Waals surface area contributed by atoms with Crippen molar-refractivity contribution in [2.75, 3.05) is 20.2 Å². The van der Waals surface area contributed by atoms with E-state index in [0.29, 0.717) is 24.2 Å². The molecule has 190 valence electrons. The topological polar surface area (TPSA) is 103 Å². The molecule has 0 aromatic heterocycles. The minimum Gasteiger partial charge on any atom is -0.465 e. The standard InChI is InChI=1S/C24H29F3N4O4/c1-15(21(32)29-16(2)18-7-9-19(10-8-18)22(33)35-3)24(34)30-28-11-12-31(24)14-17-5-4-6-20(13-17)23(25,26)27/h4-10,13,15-16,28,30,34H,11-12,14H2,1-3H3,(H,29,32). The minimum atomic E-state index is -4.48. The molecule has 1 heterocycles. The molecule has 1 saturated heterocycles. The Balaban J connectivity index is 1.72. The third-order valence-corrected chi connectivity index (χ3v) is 6.08. The van der Waals surface area contributed by atoms with Crippen molar-refractivity contribution < 1.29 is 32.6 Å². The molecule has 1 aliphatic heterocycles. The van der Waals surface area contributed by atoms with Gasteiger partial charge in [-0.1, -0.05) is 30.3 Å². The highest BCUT2D eigenvalue weighted by Gasteiger charge is 2.45. The van der Waals surface area contributed by atoms with Crippen LogP contribution in [0.2, 0.25) is 0 Å². The number of methoxy groups -OCH3 is 1. The Labute approximate surface area is 201 Å². The van der Waals surface area contributed by atoms with Gasteiger partial charge in [0.2, 0.25) is 5.91 Å². The number of aliphatic hydroxyl groups is 1. The van der Waals surface area contributed by atoms with Crippen LogP contribution in [0.4, 0.5) is 13.2 Å². The zero-order valence-electron chi connectivity index (χ0n) is 19.6. The van der Waals surface area contributed by atoms with Crippen molar-refractivity contribution >= 4 is 11.9 Å². The summed E-state index contributed by atoms with van der Waals surface area (Å²) in [6.07, 6.45) is -4.48. The van der Waals surface area contributed by atoms with E-state index in [9.17, 15) is 27.9 Å². The summed E-state index contributed by atoms with van der Waals surface area (Å²) in [5, 5.41) is 14.2. The molecule has 3 rings (SSSR count). The second-order valence-corrected chi connectivity index (χ2v) is 8.46. The van der Waals surface area contributed by atoms with Crippen LogP contribution in [0.3, 0.4) is 0 Å². The van der Waals surface area contributed by atoms with Gasteiger partial charge in [-0.3, -0.25) is 15.1 Å². The van der Waals surface area contributed by atoms with Gasteiger partial charge in [-0.15, -0.1) is 0 Å². The number of esters is 1. The van der Waals surface area contributed by atoms with Crippen LogP contribution in [0, 0.1) is 5.92 Å². The molecule has 2 aromatic carbocycles. The van der Waals surface area contributed by atoms with Crippen molar-refractivity contribution in [3.63, 3.8) is 0 Å². The number of nitrogens with zero attached hydrogens (tertiary/aromatic N) is 1. The van der Waals surface area contributed by atoms with E-state index >= 15 is 0 Å². The Morgan fingerprint density at radius 2 is 1.89 bits per heavy atom. The molecule has 11 heteroatoms. The maximum Gasteiger partial charge on any atom is 0.416 e. The molecule has 1 fully saturated rings. The molecule has 1 amide bonds. The molecular formula is C24H29F3N4O4. The number of ether oxygens (including phenoxy) is 1. The molecule has 3 atom stereocenters. The molecule has 0 aliphatic carbocycles. The van der Waals surface area contributed by atoms with Gasteiger partial charge in [-0.25, -0.2) is 10.2 Å². The smallest absolute Gasteiger partial charge is 0.416 e. The van der Waals surface area contributed by atoms with Gasteiger partial charge in [-0.2, -0.15) is 13.2 Å². The molecule has 0 saturated carbocycles. The summed E-state index contributed by atoms with van der Waals surface area (Å²) in [5.74, 6) is -3.80. The van der Waals surface area contributed by atoms with E-state index in [1.54, 1.807) is 37.3 Å². The number of nitrogens with one attached hydrogen (secondary N) is 3. The molecule has 8 nitrogen and oxygen atoms in total. The van der Waals surface area contributed by atoms with Crippen LogP contribution in [0.15, 0.2) is 48.5 Å². The monoisotopic (exact) mass is 494 g/mol. The fourth-order valence-corrected chi connectivity index (χ4v) is 3.91. The highest BCUT2D eigenvalue weighted by molar-refractivity contribution is 5.89. The van der Waals surface area contributed by atoms with Crippen LogP contribution >= 0.6 is 0 Å². The van der Waals surface area contributed by atoms with E-state index in [0.717, 1.165) is 17.7 Å². The van der Waals surface area contributed by atoms with Crippen LogP contribution in [-0.4, -0.2) is 47.9 Å². The average molecular weight is 495 g/mol. The lowest BCUT2D eigenvalue weighted by Gasteiger charge is -2.46. The summed E-state index contributed by atoms with van der Waals surface area (Å²) in [5.41, 5.74) is 6.24. The molecular weight excluding hydrogens is 465 g/mol. The fraction of sp³-hybridized carbons (Fsp3) is 0.417. The molecule has 0 radical (unpaired) electrons. The Bertz CT molecular complexity index is 1050. The van der Waals surface area contributed by atoms with Crippen LogP contribution in [-0.2, 0) is 22.3 Å². The number of halogens is 3. The third kappa shape index (κ3) is 6.17. The summed E-state index contributed by atoms with van der Waals surface area (Å²) >= 11 is 0. The van der Waals surface area contributed by atoms with E-state index < -0.39 is 41.4 Å². The van der Waals surface area contributed by atoms with E-state index in [-0.39, 0.29) is 6.54 Å². The van der Waals surface area contributed by atoms with Crippen LogP contribution in [0.1, 0.15) is 46.9 Å². The number of carbonyl (C=O) groups is 2. The van der Waals surface area contributed by atoms with Crippen molar-refractivity contribution in [1.29, 1.82) is 0 Å². The number of hydrogen-bond donors (Lipinski definition) is 4. The number of carbonyl (C=O) groups excluding carboxylic acids is 2. The van der Waals surface area contributed by atoms with Crippen LogP contribution in [0.5, 0.6) is 0 Å². The first-order chi connectivity index (χ1) is 16.5. The molecule has 35 heavy (non-hydrogen) atoms. The minimum absolute atomic E-state index is 0.00271. The van der Waals surface area contributed by atoms with Crippen molar-refractivity contribution in [3.8, 4) is 0 Å². The molecule has 0 bridgehead atoms.